The highest BCUT2D eigenvalue weighted by Crippen LogP contribution is 2.19. The number of nitrogens with one attached hydrogen (secondary N) is 1. The Kier molecular flexibility index (Phi) is 4.22. The standard InChI is InChI=1S/C16H18N6OS/c23-12-2-1-7-22(10-12)15-5-6-17-16(19-15)18-9-11-3-4-13-14(8-11)21-24-20-13/h3-6,8,12,23H,1-2,7,9-10H2,(H,17,18,19). The highest BCUT2D eigenvalue weighted by atomic mass is 32.1. The van der Waals surface area contributed by atoms with Crippen LogP contribution in [0.3, 0.4) is 0 Å². The van der Waals surface area contributed by atoms with E-state index in [9.17, 15) is 5.11 Å². The van der Waals surface area contributed by atoms with Crippen LogP contribution in [0.2, 0.25) is 0 Å². The van der Waals surface area contributed by atoms with Crippen LogP contribution in [0.15, 0.2) is 30.5 Å². The summed E-state index contributed by atoms with van der Waals surface area (Å²) in [5, 5.41) is 13.1. The van der Waals surface area contributed by atoms with Crippen LogP contribution in [0, 0.1) is 0 Å². The van der Waals surface area contributed by atoms with E-state index in [1.165, 1.54) is 11.7 Å². The Hall–Kier alpha value is -2.32. The van der Waals surface area contributed by atoms with Crippen molar-refractivity contribution in [3.05, 3.63) is 36.0 Å². The van der Waals surface area contributed by atoms with Gasteiger partial charge in [0.05, 0.1) is 17.8 Å². The summed E-state index contributed by atoms with van der Waals surface area (Å²) >= 11 is 1.22. The second kappa shape index (κ2) is 6.66. The smallest absolute Gasteiger partial charge is 0.224 e. The molecule has 1 aromatic carbocycles. The molecule has 0 bridgehead atoms. The molecule has 3 aromatic rings. The fraction of sp³-hybridized carbons (Fsp3) is 0.375. The third kappa shape index (κ3) is 3.29. The van der Waals surface area contributed by atoms with Crippen LogP contribution in [0.5, 0.6) is 0 Å². The zero-order valence-corrected chi connectivity index (χ0v) is 13.9. The Bertz CT molecular complexity index is 838. The third-order valence-corrected chi connectivity index (χ3v) is 4.69. The number of benzene rings is 1. The maximum absolute atomic E-state index is 9.82. The molecule has 1 atom stereocenters. The minimum Gasteiger partial charge on any atom is -0.391 e. The third-order valence-electron chi connectivity index (χ3n) is 4.13. The number of aliphatic hydroxyl groups excluding tert-OH is 1. The lowest BCUT2D eigenvalue weighted by Crippen LogP contribution is -2.38. The fourth-order valence-electron chi connectivity index (χ4n) is 2.89. The molecule has 24 heavy (non-hydrogen) atoms. The number of hydrogen-bond donors (Lipinski definition) is 2. The van der Waals surface area contributed by atoms with Crippen LogP contribution in [0.1, 0.15) is 18.4 Å². The average Bonchev–Trinajstić information content (AvgIpc) is 3.08. The van der Waals surface area contributed by atoms with Crippen LogP contribution < -0.4 is 10.2 Å². The van der Waals surface area contributed by atoms with Gasteiger partial charge in [0.1, 0.15) is 16.9 Å². The predicted molar refractivity (Wildman–Crippen MR) is 94.2 cm³/mol. The Balaban J connectivity index is 1.45. The van der Waals surface area contributed by atoms with E-state index in [4.69, 9.17) is 0 Å². The lowest BCUT2D eigenvalue weighted by molar-refractivity contribution is 0.154. The van der Waals surface area contributed by atoms with Gasteiger partial charge in [-0.2, -0.15) is 13.7 Å². The first-order valence-corrected chi connectivity index (χ1v) is 8.72. The molecular weight excluding hydrogens is 324 g/mol. The zero-order chi connectivity index (χ0) is 16.4. The SMILES string of the molecule is OC1CCCN(c2ccnc(NCc3ccc4nsnc4c3)n2)C1. The summed E-state index contributed by atoms with van der Waals surface area (Å²) in [7, 11) is 0. The molecule has 8 heteroatoms. The van der Waals surface area contributed by atoms with Crippen molar-refractivity contribution in [1.82, 2.24) is 18.7 Å². The fourth-order valence-corrected chi connectivity index (χ4v) is 3.41. The van der Waals surface area contributed by atoms with Crippen molar-refractivity contribution in [3.63, 3.8) is 0 Å². The minimum atomic E-state index is -0.274. The van der Waals surface area contributed by atoms with Gasteiger partial charge in [-0.1, -0.05) is 6.07 Å². The molecule has 2 aromatic heterocycles. The molecular formula is C16H18N6OS. The molecule has 2 N–H and O–H groups in total. The van der Waals surface area contributed by atoms with Crippen LogP contribution in [0.25, 0.3) is 11.0 Å². The van der Waals surface area contributed by atoms with Gasteiger partial charge in [-0.25, -0.2) is 4.98 Å². The number of fused-ring (bicyclic) bond motifs is 1. The van der Waals surface area contributed by atoms with E-state index in [2.05, 4.69) is 28.9 Å². The topological polar surface area (TPSA) is 87.1 Å². The van der Waals surface area contributed by atoms with E-state index < -0.39 is 0 Å². The number of β-amino-alcohol motifs (C(OH)–C–C–N with tert-alkyl or cyclic N) is 1. The van der Waals surface area contributed by atoms with Crippen molar-refractivity contribution in [1.29, 1.82) is 0 Å². The van der Waals surface area contributed by atoms with Gasteiger partial charge in [-0.3, -0.25) is 0 Å². The molecule has 0 radical (unpaired) electrons. The summed E-state index contributed by atoms with van der Waals surface area (Å²) in [6, 6.07) is 7.91. The van der Waals surface area contributed by atoms with Crippen LogP contribution in [-0.4, -0.2) is 43.0 Å². The second-order valence-electron chi connectivity index (χ2n) is 5.92. The van der Waals surface area contributed by atoms with Crippen LogP contribution in [-0.2, 0) is 6.54 Å². The normalized spacial score (nSPS) is 18.0. The molecule has 4 rings (SSSR count). The van der Waals surface area contributed by atoms with Gasteiger partial charge in [-0.05, 0) is 36.6 Å². The van der Waals surface area contributed by atoms with Crippen molar-refractivity contribution >= 4 is 34.5 Å². The summed E-state index contributed by atoms with van der Waals surface area (Å²) in [5.41, 5.74) is 2.94. The van der Waals surface area contributed by atoms with E-state index >= 15 is 0 Å². The predicted octanol–water partition coefficient (Wildman–Crippen LogP) is 2.05. The molecule has 1 fully saturated rings. The summed E-state index contributed by atoms with van der Waals surface area (Å²) in [6.07, 6.45) is 3.32. The van der Waals surface area contributed by atoms with E-state index in [1.807, 2.05) is 24.3 Å². The van der Waals surface area contributed by atoms with Crippen molar-refractivity contribution in [2.24, 2.45) is 0 Å². The van der Waals surface area contributed by atoms with Gasteiger partial charge in [0.15, 0.2) is 0 Å². The summed E-state index contributed by atoms with van der Waals surface area (Å²) in [4.78, 5) is 11.0. The number of aliphatic hydroxyl groups is 1. The van der Waals surface area contributed by atoms with Gasteiger partial charge in [0.2, 0.25) is 5.95 Å². The maximum Gasteiger partial charge on any atom is 0.224 e. The number of anilines is 2. The van der Waals surface area contributed by atoms with E-state index in [0.717, 1.165) is 41.8 Å². The molecule has 0 aliphatic carbocycles. The monoisotopic (exact) mass is 342 g/mol. The van der Waals surface area contributed by atoms with Crippen molar-refractivity contribution < 1.29 is 5.11 Å². The molecule has 0 amide bonds. The van der Waals surface area contributed by atoms with Gasteiger partial charge < -0.3 is 15.3 Å². The van der Waals surface area contributed by atoms with Gasteiger partial charge in [0, 0.05) is 25.8 Å². The van der Waals surface area contributed by atoms with Gasteiger partial charge in [-0.15, -0.1) is 0 Å². The minimum absolute atomic E-state index is 0.274. The zero-order valence-electron chi connectivity index (χ0n) is 13.1. The molecule has 1 aliphatic rings. The van der Waals surface area contributed by atoms with E-state index in [1.54, 1.807) is 6.20 Å². The van der Waals surface area contributed by atoms with E-state index in [-0.39, 0.29) is 6.10 Å². The number of nitrogens with zero attached hydrogens (tertiary/aromatic N) is 5. The van der Waals surface area contributed by atoms with Crippen molar-refractivity contribution in [3.8, 4) is 0 Å². The molecule has 0 spiro atoms. The summed E-state index contributed by atoms with van der Waals surface area (Å²) in [5.74, 6) is 1.44. The Morgan fingerprint density at radius 1 is 1.25 bits per heavy atom. The first-order valence-electron chi connectivity index (χ1n) is 7.99. The average molecular weight is 342 g/mol. The van der Waals surface area contributed by atoms with Crippen LogP contribution in [0.4, 0.5) is 11.8 Å². The number of rotatable bonds is 4. The Labute approximate surface area is 143 Å². The summed E-state index contributed by atoms with van der Waals surface area (Å²) < 4.78 is 8.46. The Morgan fingerprint density at radius 2 is 2.17 bits per heavy atom. The first-order chi connectivity index (χ1) is 11.8. The molecule has 1 unspecified atom stereocenters. The van der Waals surface area contributed by atoms with Crippen molar-refractivity contribution in [2.75, 3.05) is 23.3 Å². The van der Waals surface area contributed by atoms with E-state index in [0.29, 0.717) is 19.0 Å². The maximum atomic E-state index is 9.82. The number of piperidine rings is 1. The molecule has 3 heterocycles. The molecule has 0 saturated carbocycles. The number of hydrogen-bond acceptors (Lipinski definition) is 8. The highest BCUT2D eigenvalue weighted by molar-refractivity contribution is 7.00. The van der Waals surface area contributed by atoms with Gasteiger partial charge in [0.25, 0.3) is 0 Å². The quantitative estimate of drug-likeness (QED) is 0.750. The van der Waals surface area contributed by atoms with Crippen LogP contribution >= 0.6 is 11.7 Å². The largest absolute Gasteiger partial charge is 0.391 e. The highest BCUT2D eigenvalue weighted by Gasteiger charge is 2.19. The molecule has 7 nitrogen and oxygen atoms in total. The lowest BCUT2D eigenvalue weighted by Gasteiger charge is -2.31. The first kappa shape index (κ1) is 15.2. The summed E-state index contributed by atoms with van der Waals surface area (Å²) in [6.45, 7) is 2.17. The molecule has 124 valence electrons. The number of aromatic nitrogens is 4. The molecule has 1 saturated heterocycles. The second-order valence-corrected chi connectivity index (χ2v) is 6.45. The molecule has 1 aliphatic heterocycles. The Morgan fingerprint density at radius 3 is 3.08 bits per heavy atom. The lowest BCUT2D eigenvalue weighted by atomic mass is 10.1. The van der Waals surface area contributed by atoms with Gasteiger partial charge >= 0.3 is 0 Å². The van der Waals surface area contributed by atoms with Crippen molar-refractivity contribution in [2.45, 2.75) is 25.5 Å².